The van der Waals surface area contributed by atoms with Crippen molar-refractivity contribution in [1.29, 1.82) is 0 Å². The Labute approximate surface area is 103 Å². The molecule has 94 valence electrons. The van der Waals surface area contributed by atoms with Crippen LogP contribution in [0.15, 0.2) is 12.1 Å². The summed E-state index contributed by atoms with van der Waals surface area (Å²) in [5, 5.41) is 3.36. The molecular formula is C15H22FN. The van der Waals surface area contributed by atoms with Crippen molar-refractivity contribution >= 4 is 0 Å². The van der Waals surface area contributed by atoms with Crippen LogP contribution in [0.25, 0.3) is 0 Å². The van der Waals surface area contributed by atoms with Crippen LogP contribution >= 0.6 is 0 Å². The van der Waals surface area contributed by atoms with Crippen LogP contribution in [0.1, 0.15) is 36.0 Å². The van der Waals surface area contributed by atoms with Gasteiger partial charge in [-0.1, -0.05) is 6.07 Å². The maximum atomic E-state index is 13.9. The number of aryl methyl sites for hydroxylation is 2. The molecule has 1 fully saturated rings. The molecule has 1 unspecified atom stereocenters. The van der Waals surface area contributed by atoms with E-state index >= 15 is 0 Å². The Hall–Kier alpha value is -0.890. The van der Waals surface area contributed by atoms with Crippen molar-refractivity contribution in [2.45, 2.75) is 45.6 Å². The molecule has 1 aromatic carbocycles. The van der Waals surface area contributed by atoms with Gasteiger partial charge in [-0.25, -0.2) is 4.39 Å². The van der Waals surface area contributed by atoms with Crippen molar-refractivity contribution in [3.63, 3.8) is 0 Å². The van der Waals surface area contributed by atoms with Crippen molar-refractivity contribution in [3.8, 4) is 0 Å². The third-order valence-electron chi connectivity index (χ3n) is 3.83. The van der Waals surface area contributed by atoms with Gasteiger partial charge in [-0.15, -0.1) is 0 Å². The van der Waals surface area contributed by atoms with Crippen LogP contribution in [0.2, 0.25) is 0 Å². The Balaban J connectivity index is 2.02. The lowest BCUT2D eigenvalue weighted by Crippen LogP contribution is -2.28. The van der Waals surface area contributed by atoms with Gasteiger partial charge in [0.05, 0.1) is 0 Å². The second kappa shape index (κ2) is 5.18. The molecule has 1 aliphatic carbocycles. The number of halogens is 1. The van der Waals surface area contributed by atoms with E-state index in [4.69, 9.17) is 0 Å². The molecule has 1 saturated carbocycles. The highest BCUT2D eigenvalue weighted by molar-refractivity contribution is 5.32. The van der Waals surface area contributed by atoms with Crippen molar-refractivity contribution in [2.75, 3.05) is 7.05 Å². The Bertz CT molecular complexity index is 373. The second-order valence-corrected chi connectivity index (χ2v) is 5.31. The fourth-order valence-electron chi connectivity index (χ4n) is 2.68. The summed E-state index contributed by atoms with van der Waals surface area (Å²) in [6, 6.07) is 4.28. The first-order chi connectivity index (χ1) is 8.11. The molecule has 17 heavy (non-hydrogen) atoms. The summed E-state index contributed by atoms with van der Waals surface area (Å²) in [4.78, 5) is 0. The minimum atomic E-state index is -0.0341. The van der Waals surface area contributed by atoms with Crippen LogP contribution in [-0.2, 0) is 6.42 Å². The fraction of sp³-hybridized carbons (Fsp3) is 0.600. The number of nitrogens with one attached hydrogen (secondary N) is 1. The van der Waals surface area contributed by atoms with Crippen LogP contribution in [-0.4, -0.2) is 13.1 Å². The third-order valence-corrected chi connectivity index (χ3v) is 3.83. The predicted molar refractivity (Wildman–Crippen MR) is 69.8 cm³/mol. The molecular weight excluding hydrogens is 213 g/mol. The maximum Gasteiger partial charge on any atom is 0.126 e. The lowest BCUT2D eigenvalue weighted by molar-refractivity contribution is 0.465. The third kappa shape index (κ3) is 3.06. The molecule has 1 atom stereocenters. The van der Waals surface area contributed by atoms with Crippen LogP contribution < -0.4 is 5.32 Å². The standard InChI is InChI=1S/C15H22FN/c1-10-8-11(2)13(14(16)9-10)6-7-15(17-3)12-4-5-12/h8-9,12,15,17H,4-7H2,1-3H3. The van der Waals surface area contributed by atoms with E-state index in [0.717, 1.165) is 35.4 Å². The van der Waals surface area contributed by atoms with E-state index in [9.17, 15) is 4.39 Å². The Morgan fingerprint density at radius 1 is 1.35 bits per heavy atom. The molecule has 1 nitrogen and oxygen atoms in total. The molecule has 0 aliphatic heterocycles. The lowest BCUT2D eigenvalue weighted by atomic mass is 9.97. The highest BCUT2D eigenvalue weighted by Crippen LogP contribution is 2.34. The first-order valence-corrected chi connectivity index (χ1v) is 6.54. The van der Waals surface area contributed by atoms with Gasteiger partial charge in [0.15, 0.2) is 0 Å². The van der Waals surface area contributed by atoms with E-state index in [1.807, 2.05) is 20.9 Å². The van der Waals surface area contributed by atoms with E-state index in [-0.39, 0.29) is 5.82 Å². The van der Waals surface area contributed by atoms with Crippen LogP contribution in [0, 0.1) is 25.6 Å². The van der Waals surface area contributed by atoms with E-state index in [1.54, 1.807) is 6.07 Å². The van der Waals surface area contributed by atoms with Gasteiger partial charge in [0, 0.05) is 6.04 Å². The van der Waals surface area contributed by atoms with E-state index in [2.05, 4.69) is 11.4 Å². The van der Waals surface area contributed by atoms with Gasteiger partial charge in [0.2, 0.25) is 0 Å². The van der Waals surface area contributed by atoms with Crippen molar-refractivity contribution in [2.24, 2.45) is 5.92 Å². The van der Waals surface area contributed by atoms with Crippen molar-refractivity contribution in [3.05, 3.63) is 34.6 Å². The fourth-order valence-corrected chi connectivity index (χ4v) is 2.68. The minimum Gasteiger partial charge on any atom is -0.317 e. The van der Waals surface area contributed by atoms with Gasteiger partial charge >= 0.3 is 0 Å². The number of benzene rings is 1. The molecule has 1 aromatic rings. The summed E-state index contributed by atoms with van der Waals surface area (Å²) in [5.41, 5.74) is 3.00. The highest BCUT2D eigenvalue weighted by Gasteiger charge is 2.29. The number of rotatable bonds is 5. The summed E-state index contributed by atoms with van der Waals surface area (Å²) in [7, 11) is 2.02. The smallest absolute Gasteiger partial charge is 0.126 e. The summed E-state index contributed by atoms with van der Waals surface area (Å²) in [5.74, 6) is 0.793. The highest BCUT2D eigenvalue weighted by atomic mass is 19.1. The summed E-state index contributed by atoms with van der Waals surface area (Å²) in [6.45, 7) is 3.96. The largest absolute Gasteiger partial charge is 0.317 e. The van der Waals surface area contributed by atoms with Gasteiger partial charge in [-0.3, -0.25) is 0 Å². The van der Waals surface area contributed by atoms with E-state index in [1.165, 1.54) is 12.8 Å². The average Bonchev–Trinajstić information content (AvgIpc) is 3.06. The first kappa shape index (κ1) is 12.6. The van der Waals surface area contributed by atoms with Crippen LogP contribution in [0.4, 0.5) is 4.39 Å². The van der Waals surface area contributed by atoms with Gasteiger partial charge < -0.3 is 5.32 Å². The monoisotopic (exact) mass is 235 g/mol. The average molecular weight is 235 g/mol. The van der Waals surface area contributed by atoms with E-state index in [0.29, 0.717) is 6.04 Å². The van der Waals surface area contributed by atoms with Crippen LogP contribution in [0.5, 0.6) is 0 Å². The lowest BCUT2D eigenvalue weighted by Gasteiger charge is -2.16. The predicted octanol–water partition coefficient (Wildman–Crippen LogP) is 3.37. The zero-order chi connectivity index (χ0) is 12.4. The topological polar surface area (TPSA) is 12.0 Å². The Morgan fingerprint density at radius 2 is 2.06 bits per heavy atom. The van der Waals surface area contributed by atoms with Gasteiger partial charge in [0.25, 0.3) is 0 Å². The summed E-state index contributed by atoms with van der Waals surface area (Å²) in [6.07, 6.45) is 4.56. The number of hydrogen-bond donors (Lipinski definition) is 1. The molecule has 1 N–H and O–H groups in total. The van der Waals surface area contributed by atoms with Gasteiger partial charge in [0.1, 0.15) is 5.82 Å². The molecule has 0 heterocycles. The van der Waals surface area contributed by atoms with Gasteiger partial charge in [-0.05, 0) is 75.3 Å². The maximum absolute atomic E-state index is 13.9. The molecule has 0 saturated heterocycles. The molecule has 0 spiro atoms. The Morgan fingerprint density at radius 3 is 2.59 bits per heavy atom. The van der Waals surface area contributed by atoms with Crippen LogP contribution in [0.3, 0.4) is 0 Å². The van der Waals surface area contributed by atoms with Crippen molar-refractivity contribution in [1.82, 2.24) is 5.32 Å². The quantitative estimate of drug-likeness (QED) is 0.825. The molecule has 2 heteroatoms. The number of hydrogen-bond acceptors (Lipinski definition) is 1. The molecule has 0 aromatic heterocycles. The second-order valence-electron chi connectivity index (χ2n) is 5.31. The summed E-state index contributed by atoms with van der Waals surface area (Å²) >= 11 is 0. The Kier molecular flexibility index (Phi) is 3.82. The zero-order valence-electron chi connectivity index (χ0n) is 11.0. The zero-order valence-corrected chi connectivity index (χ0v) is 11.0. The molecule has 2 rings (SSSR count). The normalized spacial score (nSPS) is 17.2. The van der Waals surface area contributed by atoms with Gasteiger partial charge in [-0.2, -0.15) is 0 Å². The molecule has 0 radical (unpaired) electrons. The molecule has 0 amide bonds. The SMILES string of the molecule is CNC(CCc1c(C)cc(C)cc1F)C1CC1. The first-order valence-electron chi connectivity index (χ1n) is 6.54. The summed E-state index contributed by atoms with van der Waals surface area (Å²) < 4.78 is 13.9. The van der Waals surface area contributed by atoms with E-state index < -0.39 is 0 Å². The molecule has 0 bridgehead atoms. The molecule has 1 aliphatic rings. The minimum absolute atomic E-state index is 0.0341. The van der Waals surface area contributed by atoms with Crippen molar-refractivity contribution < 1.29 is 4.39 Å².